The van der Waals surface area contributed by atoms with Crippen molar-refractivity contribution in [3.05, 3.63) is 64.7 Å². The van der Waals surface area contributed by atoms with E-state index < -0.39 is 5.60 Å². The summed E-state index contributed by atoms with van der Waals surface area (Å²) < 4.78 is 11.6. The van der Waals surface area contributed by atoms with Crippen molar-refractivity contribution in [2.45, 2.75) is 96.7 Å². The Bertz CT molecular complexity index is 946. The highest BCUT2D eigenvalue weighted by molar-refractivity contribution is 5.68. The molecule has 1 amide bonds. The average molecular weight is 464 g/mol. The van der Waals surface area contributed by atoms with Crippen molar-refractivity contribution in [2.75, 3.05) is 13.1 Å². The molecule has 1 heterocycles. The van der Waals surface area contributed by atoms with Gasteiger partial charge in [-0.2, -0.15) is 0 Å². The van der Waals surface area contributed by atoms with Gasteiger partial charge in [0, 0.05) is 13.1 Å². The van der Waals surface area contributed by atoms with Gasteiger partial charge < -0.3 is 14.4 Å². The zero-order chi connectivity index (χ0) is 24.1. The fourth-order valence-corrected chi connectivity index (χ4v) is 5.38. The second-order valence-corrected chi connectivity index (χ2v) is 11.1. The van der Waals surface area contributed by atoms with E-state index in [9.17, 15) is 4.79 Å². The summed E-state index contributed by atoms with van der Waals surface area (Å²) in [5, 5.41) is 0. The lowest BCUT2D eigenvalue weighted by Crippen LogP contribution is -2.41. The molecule has 4 heteroatoms. The first-order valence-electron chi connectivity index (χ1n) is 13.1. The van der Waals surface area contributed by atoms with Gasteiger partial charge >= 0.3 is 6.09 Å². The molecule has 184 valence electrons. The smallest absolute Gasteiger partial charge is 0.410 e. The minimum absolute atomic E-state index is 0.194. The number of hydrogen-bond acceptors (Lipinski definition) is 3. The summed E-state index contributed by atoms with van der Waals surface area (Å²) in [5.74, 6) is 2.17. The van der Waals surface area contributed by atoms with Crippen LogP contribution in [0.15, 0.2) is 42.5 Å². The third-order valence-electron chi connectivity index (χ3n) is 7.29. The fourth-order valence-electron chi connectivity index (χ4n) is 5.38. The molecule has 0 N–H and O–H groups in total. The van der Waals surface area contributed by atoms with Crippen LogP contribution in [0.3, 0.4) is 0 Å². The minimum atomic E-state index is -0.443. The van der Waals surface area contributed by atoms with E-state index in [2.05, 4.69) is 49.4 Å². The van der Waals surface area contributed by atoms with Crippen LogP contribution in [0.25, 0.3) is 0 Å². The number of piperidine rings is 1. The minimum Gasteiger partial charge on any atom is -0.489 e. The first-order valence-corrected chi connectivity index (χ1v) is 13.1. The Hall–Kier alpha value is -2.49. The number of amides is 1. The molecule has 0 bridgehead atoms. The van der Waals surface area contributed by atoms with Crippen molar-refractivity contribution in [1.82, 2.24) is 4.90 Å². The summed E-state index contributed by atoms with van der Waals surface area (Å²) in [4.78, 5) is 14.1. The number of aryl methyl sites for hydroxylation is 1. The van der Waals surface area contributed by atoms with Gasteiger partial charge in [-0.05, 0) is 99.6 Å². The summed E-state index contributed by atoms with van der Waals surface area (Å²) in [6.45, 7) is 10.0. The second-order valence-electron chi connectivity index (χ2n) is 11.1. The van der Waals surface area contributed by atoms with E-state index in [1.165, 1.54) is 54.4 Å². The largest absolute Gasteiger partial charge is 0.489 e. The van der Waals surface area contributed by atoms with Crippen LogP contribution >= 0.6 is 0 Å². The molecule has 1 aliphatic carbocycles. The van der Waals surface area contributed by atoms with Crippen molar-refractivity contribution >= 4 is 6.09 Å². The predicted octanol–water partition coefficient (Wildman–Crippen LogP) is 7.74. The van der Waals surface area contributed by atoms with Crippen LogP contribution in [0.1, 0.15) is 99.8 Å². The Morgan fingerprint density at radius 3 is 2.21 bits per heavy atom. The van der Waals surface area contributed by atoms with Crippen molar-refractivity contribution in [3.8, 4) is 5.75 Å². The molecule has 2 aromatic carbocycles. The lowest BCUT2D eigenvalue weighted by molar-refractivity contribution is 0.0205. The normalized spacial score (nSPS) is 18.1. The van der Waals surface area contributed by atoms with Crippen LogP contribution < -0.4 is 4.74 Å². The highest BCUT2D eigenvalue weighted by Gasteiger charge is 2.27. The van der Waals surface area contributed by atoms with Crippen molar-refractivity contribution in [1.29, 1.82) is 0 Å². The van der Waals surface area contributed by atoms with E-state index in [0.29, 0.717) is 12.5 Å². The Balaban J connectivity index is 1.27. The molecule has 1 saturated carbocycles. The molecule has 4 rings (SSSR count). The average Bonchev–Trinajstić information content (AvgIpc) is 2.83. The van der Waals surface area contributed by atoms with Crippen molar-refractivity contribution in [3.63, 3.8) is 0 Å². The number of nitrogens with zero attached hydrogens (tertiary/aromatic N) is 1. The standard InChI is InChI=1S/C30H41NO3/c1-22-20-27(14-15-28(22)26-8-6-5-7-9-26)33-21-23-10-12-24(13-11-23)25-16-18-31(19-17-25)29(32)34-30(2,3)4/h10-15,20,25-26H,5-9,16-19,21H2,1-4H3. The highest BCUT2D eigenvalue weighted by Crippen LogP contribution is 2.35. The first kappa shape index (κ1) is 24.6. The molecule has 2 aliphatic rings. The molecule has 0 unspecified atom stereocenters. The van der Waals surface area contributed by atoms with Crippen LogP contribution in [0.5, 0.6) is 5.75 Å². The summed E-state index contributed by atoms with van der Waals surface area (Å²) >= 11 is 0. The van der Waals surface area contributed by atoms with E-state index >= 15 is 0 Å². The molecule has 1 aliphatic heterocycles. The zero-order valence-electron chi connectivity index (χ0n) is 21.4. The zero-order valence-corrected chi connectivity index (χ0v) is 21.4. The molecular weight excluding hydrogens is 422 g/mol. The molecule has 0 atom stereocenters. The van der Waals surface area contributed by atoms with E-state index in [-0.39, 0.29) is 6.09 Å². The van der Waals surface area contributed by atoms with Crippen molar-refractivity contribution in [2.24, 2.45) is 0 Å². The monoisotopic (exact) mass is 463 g/mol. The highest BCUT2D eigenvalue weighted by atomic mass is 16.6. The molecule has 2 aromatic rings. The molecule has 0 aromatic heterocycles. The maximum absolute atomic E-state index is 12.3. The van der Waals surface area contributed by atoms with E-state index in [1.54, 1.807) is 0 Å². The number of carbonyl (C=O) groups is 1. The second kappa shape index (κ2) is 10.8. The first-order chi connectivity index (χ1) is 16.3. The van der Waals surface area contributed by atoms with E-state index in [0.717, 1.165) is 37.6 Å². The van der Waals surface area contributed by atoms with Gasteiger partial charge in [-0.25, -0.2) is 4.79 Å². The number of benzene rings is 2. The van der Waals surface area contributed by atoms with Crippen LogP contribution in [0.4, 0.5) is 4.79 Å². The van der Waals surface area contributed by atoms with Gasteiger partial charge in [0.15, 0.2) is 0 Å². The molecule has 1 saturated heterocycles. The molecule has 0 radical (unpaired) electrons. The Morgan fingerprint density at radius 2 is 1.59 bits per heavy atom. The molecule has 34 heavy (non-hydrogen) atoms. The lowest BCUT2D eigenvalue weighted by Gasteiger charge is -2.33. The van der Waals surface area contributed by atoms with E-state index in [1.807, 2.05) is 25.7 Å². The summed E-state index contributed by atoms with van der Waals surface area (Å²) in [7, 11) is 0. The van der Waals surface area contributed by atoms with Crippen LogP contribution in [-0.4, -0.2) is 29.7 Å². The third-order valence-corrected chi connectivity index (χ3v) is 7.29. The Labute approximate surface area is 205 Å². The summed E-state index contributed by atoms with van der Waals surface area (Å²) in [6.07, 6.45) is 8.52. The number of ether oxygens (including phenoxy) is 2. The van der Waals surface area contributed by atoms with Gasteiger partial charge in [-0.15, -0.1) is 0 Å². The Morgan fingerprint density at radius 1 is 0.912 bits per heavy atom. The van der Waals surface area contributed by atoms with Crippen LogP contribution in [0, 0.1) is 6.92 Å². The van der Waals surface area contributed by atoms with Gasteiger partial charge in [0.25, 0.3) is 0 Å². The summed E-state index contributed by atoms with van der Waals surface area (Å²) in [6, 6.07) is 15.4. The molecule has 0 spiro atoms. The van der Waals surface area contributed by atoms with E-state index in [4.69, 9.17) is 9.47 Å². The predicted molar refractivity (Wildman–Crippen MR) is 138 cm³/mol. The number of rotatable bonds is 5. The summed E-state index contributed by atoms with van der Waals surface area (Å²) in [5.41, 5.74) is 4.96. The van der Waals surface area contributed by atoms with Crippen LogP contribution in [0.2, 0.25) is 0 Å². The van der Waals surface area contributed by atoms with Gasteiger partial charge in [0.2, 0.25) is 0 Å². The fraction of sp³-hybridized carbons (Fsp3) is 0.567. The number of hydrogen-bond donors (Lipinski definition) is 0. The van der Waals surface area contributed by atoms with Crippen molar-refractivity contribution < 1.29 is 14.3 Å². The maximum atomic E-state index is 12.3. The van der Waals surface area contributed by atoms with Gasteiger partial charge in [0.05, 0.1) is 0 Å². The third kappa shape index (κ3) is 6.55. The maximum Gasteiger partial charge on any atom is 0.410 e. The van der Waals surface area contributed by atoms with Gasteiger partial charge in [-0.3, -0.25) is 0 Å². The topological polar surface area (TPSA) is 38.8 Å². The quantitative estimate of drug-likeness (QED) is 0.455. The molecule has 4 nitrogen and oxygen atoms in total. The Kier molecular flexibility index (Phi) is 7.85. The van der Waals surface area contributed by atoms with Gasteiger partial charge in [-0.1, -0.05) is 49.6 Å². The SMILES string of the molecule is Cc1cc(OCc2ccc(C3CCN(C(=O)OC(C)(C)C)CC3)cc2)ccc1C1CCCCC1. The van der Waals surface area contributed by atoms with Crippen LogP contribution in [-0.2, 0) is 11.3 Å². The molecular formula is C30H41NO3. The molecule has 2 fully saturated rings. The number of carbonyl (C=O) groups excluding carboxylic acids is 1. The lowest BCUT2D eigenvalue weighted by atomic mass is 9.82. The van der Waals surface area contributed by atoms with Gasteiger partial charge in [0.1, 0.15) is 18.0 Å². The number of likely N-dealkylation sites (tertiary alicyclic amines) is 1.